The summed E-state index contributed by atoms with van der Waals surface area (Å²) in [5.74, 6) is -0.861. The van der Waals surface area contributed by atoms with Crippen molar-refractivity contribution in [3.63, 3.8) is 0 Å². The monoisotopic (exact) mass is 351 g/mol. The average molecular weight is 351 g/mol. The molecule has 1 rings (SSSR count). The van der Waals surface area contributed by atoms with Gasteiger partial charge in [-0.05, 0) is 18.8 Å². The number of ether oxygens (including phenoxy) is 1. The summed E-state index contributed by atoms with van der Waals surface area (Å²) in [4.78, 5) is 37.3. The van der Waals surface area contributed by atoms with Crippen LogP contribution < -0.4 is 0 Å². The molecular formula is C20H33NO4. The molecule has 1 aliphatic heterocycles. The van der Waals surface area contributed by atoms with Crippen LogP contribution in [-0.2, 0) is 19.1 Å². The van der Waals surface area contributed by atoms with Crippen molar-refractivity contribution >= 4 is 17.8 Å². The second-order valence-corrected chi connectivity index (χ2v) is 7.16. The maximum atomic E-state index is 12.4. The predicted molar refractivity (Wildman–Crippen MR) is 97.8 cm³/mol. The van der Waals surface area contributed by atoms with Gasteiger partial charge in [0.05, 0.1) is 6.61 Å². The number of carbonyl (C=O) groups is 3. The van der Waals surface area contributed by atoms with Crippen LogP contribution in [0.5, 0.6) is 0 Å². The number of hydrogen-bond donors (Lipinski definition) is 0. The van der Waals surface area contributed by atoms with E-state index in [9.17, 15) is 14.4 Å². The molecule has 0 aromatic carbocycles. The maximum absolute atomic E-state index is 12.4. The van der Waals surface area contributed by atoms with E-state index in [-0.39, 0.29) is 0 Å². The van der Waals surface area contributed by atoms with Gasteiger partial charge in [-0.1, -0.05) is 65.7 Å². The molecule has 142 valence electrons. The van der Waals surface area contributed by atoms with Gasteiger partial charge >= 0.3 is 5.97 Å². The summed E-state index contributed by atoms with van der Waals surface area (Å²) >= 11 is 0. The normalized spacial score (nSPS) is 15.3. The molecule has 2 amide bonds. The molecule has 5 heteroatoms. The Hall–Kier alpha value is -1.65. The lowest BCUT2D eigenvalue weighted by atomic mass is 10.0. The molecule has 25 heavy (non-hydrogen) atoms. The lowest BCUT2D eigenvalue weighted by molar-refractivity contribution is -0.158. The Morgan fingerprint density at radius 3 is 2.08 bits per heavy atom. The van der Waals surface area contributed by atoms with Gasteiger partial charge in [0.2, 0.25) is 0 Å². The van der Waals surface area contributed by atoms with Crippen molar-refractivity contribution in [2.24, 2.45) is 5.92 Å². The summed E-state index contributed by atoms with van der Waals surface area (Å²) in [5, 5.41) is 0. The third kappa shape index (κ3) is 7.84. The summed E-state index contributed by atoms with van der Waals surface area (Å²) in [6, 6.07) is -0.794. The van der Waals surface area contributed by atoms with Crippen molar-refractivity contribution in [2.45, 2.75) is 84.6 Å². The summed E-state index contributed by atoms with van der Waals surface area (Å²) in [5.41, 5.74) is 0. The highest BCUT2D eigenvalue weighted by molar-refractivity contribution is 6.14. The molecular weight excluding hydrogens is 318 g/mol. The summed E-state index contributed by atoms with van der Waals surface area (Å²) in [6.45, 7) is 6.63. The fraction of sp³-hybridized carbons (Fsp3) is 0.750. The van der Waals surface area contributed by atoms with Crippen LogP contribution in [0.1, 0.15) is 78.6 Å². The summed E-state index contributed by atoms with van der Waals surface area (Å²) < 4.78 is 5.32. The molecule has 5 nitrogen and oxygen atoms in total. The quantitative estimate of drug-likeness (QED) is 0.286. The van der Waals surface area contributed by atoms with Crippen LogP contribution in [0.3, 0.4) is 0 Å². The molecule has 1 unspecified atom stereocenters. The zero-order valence-electron chi connectivity index (χ0n) is 16.0. The Labute approximate surface area is 151 Å². The van der Waals surface area contributed by atoms with E-state index in [0.717, 1.165) is 30.6 Å². The van der Waals surface area contributed by atoms with Crippen molar-refractivity contribution < 1.29 is 19.1 Å². The van der Waals surface area contributed by atoms with E-state index in [2.05, 4.69) is 20.8 Å². The third-order valence-corrected chi connectivity index (χ3v) is 4.45. The highest BCUT2D eigenvalue weighted by Crippen LogP contribution is 2.18. The minimum atomic E-state index is -0.794. The van der Waals surface area contributed by atoms with Gasteiger partial charge in [-0.15, -0.1) is 0 Å². The molecule has 0 aliphatic carbocycles. The minimum Gasteiger partial charge on any atom is -0.464 e. The number of unbranched alkanes of at least 4 members (excludes halogenated alkanes) is 6. The van der Waals surface area contributed by atoms with Gasteiger partial charge in [0.1, 0.15) is 6.04 Å². The summed E-state index contributed by atoms with van der Waals surface area (Å²) in [6.07, 6.45) is 11.5. The minimum absolute atomic E-state index is 0.327. The van der Waals surface area contributed by atoms with Crippen LogP contribution in [0.25, 0.3) is 0 Å². The van der Waals surface area contributed by atoms with E-state index in [0.29, 0.717) is 18.9 Å². The number of hydrogen-bond acceptors (Lipinski definition) is 4. The molecule has 0 fully saturated rings. The van der Waals surface area contributed by atoms with Gasteiger partial charge in [-0.25, -0.2) is 4.79 Å². The fourth-order valence-corrected chi connectivity index (χ4v) is 2.86. The van der Waals surface area contributed by atoms with Crippen molar-refractivity contribution in [2.75, 3.05) is 6.61 Å². The first kappa shape index (κ1) is 21.4. The first-order chi connectivity index (χ1) is 12.0. The van der Waals surface area contributed by atoms with Crippen LogP contribution >= 0.6 is 0 Å². The zero-order valence-corrected chi connectivity index (χ0v) is 16.0. The van der Waals surface area contributed by atoms with E-state index < -0.39 is 23.8 Å². The Morgan fingerprint density at radius 2 is 1.52 bits per heavy atom. The Balaban J connectivity index is 2.49. The van der Waals surface area contributed by atoms with Gasteiger partial charge in [0.15, 0.2) is 0 Å². The van der Waals surface area contributed by atoms with Crippen molar-refractivity contribution in [3.8, 4) is 0 Å². The van der Waals surface area contributed by atoms with Crippen LogP contribution in [-0.4, -0.2) is 35.3 Å². The fourth-order valence-electron chi connectivity index (χ4n) is 2.86. The van der Waals surface area contributed by atoms with E-state index in [1.807, 2.05) is 0 Å². The number of rotatable bonds is 13. The molecule has 1 atom stereocenters. The first-order valence-electron chi connectivity index (χ1n) is 9.69. The molecule has 0 bridgehead atoms. The second kappa shape index (κ2) is 11.8. The third-order valence-electron chi connectivity index (χ3n) is 4.45. The molecule has 0 saturated heterocycles. The smallest absolute Gasteiger partial charge is 0.329 e. The Bertz CT molecular complexity index is 452. The van der Waals surface area contributed by atoms with E-state index in [1.54, 1.807) is 0 Å². The molecule has 0 spiro atoms. The molecule has 1 aliphatic rings. The van der Waals surface area contributed by atoms with Gasteiger partial charge in [-0.3, -0.25) is 14.5 Å². The number of carbonyl (C=O) groups excluding carboxylic acids is 3. The Kier molecular flexibility index (Phi) is 10.1. The van der Waals surface area contributed by atoms with Crippen LogP contribution in [0, 0.1) is 5.92 Å². The largest absolute Gasteiger partial charge is 0.464 e. The molecule has 1 heterocycles. The van der Waals surface area contributed by atoms with Gasteiger partial charge in [-0.2, -0.15) is 0 Å². The standard InChI is InChI=1S/C20H33NO4/c1-4-5-6-7-8-9-10-11-17(20(24)25-15-14-16(2)3)21-18(22)12-13-19(21)23/h12-13,16-17H,4-11,14-15H2,1-3H3. The lowest BCUT2D eigenvalue weighted by Crippen LogP contribution is -2.45. The SMILES string of the molecule is CCCCCCCCCC(C(=O)OCCC(C)C)N1C(=O)C=CC1=O. The number of amides is 2. The van der Waals surface area contributed by atoms with Gasteiger partial charge in [0, 0.05) is 12.2 Å². The average Bonchev–Trinajstić information content (AvgIpc) is 2.89. The van der Waals surface area contributed by atoms with Crippen molar-refractivity contribution in [1.29, 1.82) is 0 Å². The summed E-state index contributed by atoms with van der Waals surface area (Å²) in [7, 11) is 0. The van der Waals surface area contributed by atoms with Crippen LogP contribution in [0.2, 0.25) is 0 Å². The van der Waals surface area contributed by atoms with E-state index in [1.165, 1.54) is 37.8 Å². The number of esters is 1. The number of imide groups is 1. The topological polar surface area (TPSA) is 63.7 Å². The molecule has 0 saturated carbocycles. The first-order valence-corrected chi connectivity index (χ1v) is 9.69. The highest BCUT2D eigenvalue weighted by atomic mass is 16.5. The maximum Gasteiger partial charge on any atom is 0.329 e. The van der Waals surface area contributed by atoms with Crippen LogP contribution in [0.15, 0.2) is 12.2 Å². The van der Waals surface area contributed by atoms with Crippen molar-refractivity contribution in [1.82, 2.24) is 4.90 Å². The predicted octanol–water partition coefficient (Wildman–Crippen LogP) is 4.01. The Morgan fingerprint density at radius 1 is 0.960 bits per heavy atom. The molecule has 0 aromatic rings. The molecule has 0 aromatic heterocycles. The molecule has 0 radical (unpaired) electrons. The van der Waals surface area contributed by atoms with Crippen LogP contribution in [0.4, 0.5) is 0 Å². The van der Waals surface area contributed by atoms with Crippen molar-refractivity contribution in [3.05, 3.63) is 12.2 Å². The van der Waals surface area contributed by atoms with E-state index in [4.69, 9.17) is 4.74 Å². The number of nitrogens with zero attached hydrogens (tertiary/aromatic N) is 1. The van der Waals surface area contributed by atoms with Gasteiger partial charge < -0.3 is 4.74 Å². The van der Waals surface area contributed by atoms with E-state index >= 15 is 0 Å². The molecule has 0 N–H and O–H groups in total. The lowest BCUT2D eigenvalue weighted by Gasteiger charge is -2.24. The zero-order chi connectivity index (χ0) is 18.7. The highest BCUT2D eigenvalue weighted by Gasteiger charge is 2.36. The second-order valence-electron chi connectivity index (χ2n) is 7.16. The van der Waals surface area contributed by atoms with Gasteiger partial charge in [0.25, 0.3) is 11.8 Å².